The molecule has 0 N–H and O–H groups in total. The Morgan fingerprint density at radius 1 is 1.03 bits per heavy atom. The van der Waals surface area contributed by atoms with Gasteiger partial charge in [-0.15, -0.1) is 10.2 Å². The summed E-state index contributed by atoms with van der Waals surface area (Å²) in [7, 11) is 3.45. The number of nitrogens with zero attached hydrogens (tertiary/aromatic N) is 4. The highest BCUT2D eigenvalue weighted by Crippen LogP contribution is 2.35. The maximum absolute atomic E-state index is 13.0. The second-order valence-corrected chi connectivity index (χ2v) is 8.32. The quantitative estimate of drug-likeness (QED) is 0.437. The van der Waals surface area contributed by atoms with Gasteiger partial charge in [-0.3, -0.25) is 9.78 Å². The molecule has 6 nitrogen and oxygen atoms in total. The van der Waals surface area contributed by atoms with Gasteiger partial charge >= 0.3 is 0 Å². The van der Waals surface area contributed by atoms with E-state index in [1.165, 1.54) is 11.3 Å². The van der Waals surface area contributed by atoms with Gasteiger partial charge in [0.1, 0.15) is 10.8 Å². The number of carbonyl (C=O) groups excluding carboxylic acids is 1. The average molecular weight is 431 g/mol. The lowest BCUT2D eigenvalue weighted by Gasteiger charge is -2.18. The molecular formula is C24H22N4O2S. The van der Waals surface area contributed by atoms with E-state index in [1.807, 2.05) is 61.5 Å². The van der Waals surface area contributed by atoms with Crippen molar-refractivity contribution in [3.63, 3.8) is 0 Å². The molecule has 7 heteroatoms. The molecule has 0 radical (unpaired) electrons. The third kappa shape index (κ3) is 4.62. The van der Waals surface area contributed by atoms with E-state index in [0.29, 0.717) is 12.1 Å². The van der Waals surface area contributed by atoms with Crippen LogP contribution in [0, 0.1) is 6.92 Å². The standard InChI is InChI=1S/C24H22N4O2S/c1-16-26-27-23(31-16)21-14-19(7-8-22(21)30-3)18-5-4-6-20(13-18)24(29)28(2)15-17-9-11-25-12-10-17/h4-14H,15H2,1-3H3. The molecule has 0 bridgehead atoms. The largest absolute Gasteiger partial charge is 0.496 e. The Hall–Kier alpha value is -3.58. The number of methoxy groups -OCH3 is 1. The Kier molecular flexibility index (Phi) is 6.04. The minimum atomic E-state index is -0.0351. The third-order valence-electron chi connectivity index (χ3n) is 4.91. The van der Waals surface area contributed by atoms with E-state index in [2.05, 4.69) is 15.2 Å². The van der Waals surface area contributed by atoms with Gasteiger partial charge in [0.25, 0.3) is 5.91 Å². The van der Waals surface area contributed by atoms with E-state index >= 15 is 0 Å². The van der Waals surface area contributed by atoms with Crippen LogP contribution in [-0.2, 0) is 6.54 Å². The summed E-state index contributed by atoms with van der Waals surface area (Å²) in [6, 6.07) is 17.4. The van der Waals surface area contributed by atoms with Crippen molar-refractivity contribution in [3.05, 3.63) is 83.1 Å². The summed E-state index contributed by atoms with van der Waals surface area (Å²) in [5.41, 5.74) is 4.49. The van der Waals surface area contributed by atoms with Crippen molar-refractivity contribution >= 4 is 17.2 Å². The first-order valence-electron chi connectivity index (χ1n) is 9.78. The van der Waals surface area contributed by atoms with Crippen molar-refractivity contribution in [2.24, 2.45) is 0 Å². The highest BCUT2D eigenvalue weighted by atomic mass is 32.1. The van der Waals surface area contributed by atoms with E-state index < -0.39 is 0 Å². The number of aryl methyl sites for hydroxylation is 1. The van der Waals surface area contributed by atoms with Gasteiger partial charge in [0.05, 0.1) is 12.7 Å². The number of pyridine rings is 1. The molecule has 156 valence electrons. The van der Waals surface area contributed by atoms with Crippen LogP contribution < -0.4 is 4.74 Å². The molecular weight excluding hydrogens is 408 g/mol. The van der Waals surface area contributed by atoms with Crippen molar-refractivity contribution in [2.75, 3.05) is 14.2 Å². The molecule has 0 saturated heterocycles. The summed E-state index contributed by atoms with van der Waals surface area (Å²) in [5.74, 6) is 0.705. The van der Waals surface area contributed by atoms with Crippen molar-refractivity contribution < 1.29 is 9.53 Å². The zero-order chi connectivity index (χ0) is 21.8. The number of ether oxygens (including phenoxy) is 1. The lowest BCUT2D eigenvalue weighted by molar-refractivity contribution is 0.0785. The van der Waals surface area contributed by atoms with Crippen LogP contribution in [-0.4, -0.2) is 40.1 Å². The minimum Gasteiger partial charge on any atom is -0.496 e. The molecule has 0 spiro atoms. The fourth-order valence-corrected chi connectivity index (χ4v) is 4.06. The number of hydrogen-bond donors (Lipinski definition) is 0. The number of benzene rings is 2. The molecule has 31 heavy (non-hydrogen) atoms. The van der Waals surface area contributed by atoms with Crippen LogP contribution in [0.2, 0.25) is 0 Å². The Bertz CT molecular complexity index is 1210. The lowest BCUT2D eigenvalue weighted by Crippen LogP contribution is -2.26. The minimum absolute atomic E-state index is 0.0351. The first-order chi connectivity index (χ1) is 15.0. The molecule has 1 amide bonds. The molecule has 0 atom stereocenters. The number of rotatable bonds is 6. The van der Waals surface area contributed by atoms with Crippen LogP contribution in [0.5, 0.6) is 5.75 Å². The highest BCUT2D eigenvalue weighted by molar-refractivity contribution is 7.14. The number of amides is 1. The van der Waals surface area contributed by atoms with Crippen LogP contribution in [0.4, 0.5) is 0 Å². The zero-order valence-electron chi connectivity index (χ0n) is 17.6. The monoisotopic (exact) mass is 430 g/mol. The third-order valence-corrected chi connectivity index (χ3v) is 5.79. The van der Waals surface area contributed by atoms with E-state index in [1.54, 1.807) is 31.5 Å². The second-order valence-electron chi connectivity index (χ2n) is 7.14. The summed E-state index contributed by atoms with van der Waals surface area (Å²) in [5, 5.41) is 10.1. The smallest absolute Gasteiger partial charge is 0.253 e. The van der Waals surface area contributed by atoms with Crippen molar-refractivity contribution in [3.8, 4) is 27.4 Å². The van der Waals surface area contributed by atoms with Gasteiger partial charge in [0.2, 0.25) is 0 Å². The zero-order valence-corrected chi connectivity index (χ0v) is 18.4. The van der Waals surface area contributed by atoms with Crippen molar-refractivity contribution in [1.82, 2.24) is 20.1 Å². The SMILES string of the molecule is COc1ccc(-c2cccc(C(=O)N(C)Cc3ccncc3)c2)cc1-c1nnc(C)s1. The fourth-order valence-electron chi connectivity index (χ4n) is 3.35. The summed E-state index contributed by atoms with van der Waals surface area (Å²) in [6.45, 7) is 2.45. The van der Waals surface area contributed by atoms with Gasteiger partial charge in [0.15, 0.2) is 5.01 Å². The summed E-state index contributed by atoms with van der Waals surface area (Å²) < 4.78 is 5.52. The van der Waals surface area contributed by atoms with Crippen LogP contribution in [0.25, 0.3) is 21.7 Å². The van der Waals surface area contributed by atoms with E-state index in [4.69, 9.17) is 4.74 Å². The number of carbonyl (C=O) groups is 1. The van der Waals surface area contributed by atoms with Crippen molar-refractivity contribution in [2.45, 2.75) is 13.5 Å². The van der Waals surface area contributed by atoms with Gasteiger partial charge in [-0.05, 0) is 60.0 Å². The van der Waals surface area contributed by atoms with Gasteiger partial charge < -0.3 is 9.64 Å². The Labute approximate surface area is 185 Å². The summed E-state index contributed by atoms with van der Waals surface area (Å²) in [4.78, 5) is 18.7. The van der Waals surface area contributed by atoms with Crippen molar-refractivity contribution in [1.29, 1.82) is 0 Å². The molecule has 0 unspecified atom stereocenters. The number of aromatic nitrogens is 3. The molecule has 4 aromatic rings. The first-order valence-corrected chi connectivity index (χ1v) is 10.6. The Balaban J connectivity index is 1.63. The van der Waals surface area contributed by atoms with Gasteiger partial charge in [-0.1, -0.05) is 29.5 Å². The normalized spacial score (nSPS) is 10.7. The molecule has 0 fully saturated rings. The molecule has 4 rings (SSSR count). The summed E-state index contributed by atoms with van der Waals surface area (Å²) >= 11 is 1.52. The molecule has 2 aromatic carbocycles. The fraction of sp³-hybridized carbons (Fsp3) is 0.167. The highest BCUT2D eigenvalue weighted by Gasteiger charge is 2.15. The van der Waals surface area contributed by atoms with Gasteiger partial charge in [-0.2, -0.15) is 0 Å². The Morgan fingerprint density at radius 3 is 2.52 bits per heavy atom. The van der Waals surface area contributed by atoms with E-state index in [-0.39, 0.29) is 5.91 Å². The lowest BCUT2D eigenvalue weighted by atomic mass is 10.00. The molecule has 0 aliphatic rings. The van der Waals surface area contributed by atoms with Gasteiger partial charge in [-0.25, -0.2) is 0 Å². The average Bonchev–Trinajstić information content (AvgIpc) is 3.25. The topological polar surface area (TPSA) is 68.2 Å². The van der Waals surface area contributed by atoms with Gasteiger partial charge in [0, 0.05) is 31.5 Å². The predicted molar refractivity (Wildman–Crippen MR) is 122 cm³/mol. The maximum atomic E-state index is 13.0. The maximum Gasteiger partial charge on any atom is 0.253 e. The van der Waals surface area contributed by atoms with Crippen LogP contribution >= 0.6 is 11.3 Å². The predicted octanol–water partition coefficient (Wildman–Crippen LogP) is 4.86. The van der Waals surface area contributed by atoms with E-state index in [9.17, 15) is 4.79 Å². The molecule has 2 heterocycles. The van der Waals surface area contributed by atoms with E-state index in [0.717, 1.165) is 38.0 Å². The second kappa shape index (κ2) is 9.06. The molecule has 0 aliphatic heterocycles. The molecule has 0 aliphatic carbocycles. The van der Waals surface area contributed by atoms with Crippen LogP contribution in [0.15, 0.2) is 67.0 Å². The first kappa shape index (κ1) is 20.7. The molecule has 2 aromatic heterocycles. The van der Waals surface area contributed by atoms with Crippen LogP contribution in [0.3, 0.4) is 0 Å². The summed E-state index contributed by atoms with van der Waals surface area (Å²) in [6.07, 6.45) is 3.46. The Morgan fingerprint density at radius 2 is 1.81 bits per heavy atom. The van der Waals surface area contributed by atoms with Crippen LogP contribution in [0.1, 0.15) is 20.9 Å². The number of hydrogen-bond acceptors (Lipinski definition) is 6. The molecule has 0 saturated carbocycles.